The van der Waals surface area contributed by atoms with Gasteiger partial charge in [0, 0.05) is 37.2 Å². The van der Waals surface area contributed by atoms with Crippen LogP contribution in [0.4, 0.5) is 5.69 Å². The van der Waals surface area contributed by atoms with Crippen LogP contribution in [-0.4, -0.2) is 43.1 Å². The van der Waals surface area contributed by atoms with Gasteiger partial charge in [0.2, 0.25) is 0 Å². The second kappa shape index (κ2) is 9.05. The van der Waals surface area contributed by atoms with E-state index in [0.29, 0.717) is 36.0 Å². The van der Waals surface area contributed by atoms with Gasteiger partial charge in [-0.25, -0.2) is 0 Å². The van der Waals surface area contributed by atoms with Gasteiger partial charge in [-0.15, -0.1) is 0 Å². The number of hydrogen-bond acceptors (Lipinski definition) is 5. The zero-order valence-corrected chi connectivity index (χ0v) is 16.1. The second-order valence-corrected chi connectivity index (χ2v) is 6.08. The van der Waals surface area contributed by atoms with Crippen LogP contribution in [-0.2, 0) is 11.8 Å². The summed E-state index contributed by atoms with van der Waals surface area (Å²) in [7, 11) is 5.05. The number of benzene rings is 2. The summed E-state index contributed by atoms with van der Waals surface area (Å²) in [5.74, 6) is 1.10. The van der Waals surface area contributed by atoms with Crippen molar-refractivity contribution < 1.29 is 19.0 Å². The molecule has 1 heterocycles. The largest absolute Gasteiger partial charge is 0.497 e. The lowest BCUT2D eigenvalue weighted by atomic mass is 10.1. The molecule has 0 spiro atoms. The zero-order chi connectivity index (χ0) is 19.9. The number of aryl methyl sites for hydroxylation is 1. The first kappa shape index (κ1) is 19.4. The number of ether oxygens (including phenoxy) is 3. The third kappa shape index (κ3) is 4.50. The lowest BCUT2D eigenvalue weighted by Gasteiger charge is -2.14. The summed E-state index contributed by atoms with van der Waals surface area (Å²) in [5.41, 5.74) is 2.88. The number of aromatic nitrogens is 2. The average Bonchev–Trinajstić information content (AvgIpc) is 3.14. The highest BCUT2D eigenvalue weighted by molar-refractivity contribution is 6.04. The SMILES string of the molecule is COCCOc1ccc(NC(=O)c2cccc(OC)c2)cc1-c1ccnn1C. The molecule has 0 saturated carbocycles. The van der Waals surface area contributed by atoms with Crippen LogP contribution >= 0.6 is 0 Å². The average molecular weight is 381 g/mol. The summed E-state index contributed by atoms with van der Waals surface area (Å²) in [5, 5.41) is 7.14. The van der Waals surface area contributed by atoms with Gasteiger partial charge in [-0.1, -0.05) is 6.07 Å². The number of hydrogen-bond donors (Lipinski definition) is 1. The third-order valence-electron chi connectivity index (χ3n) is 4.21. The Morgan fingerprint density at radius 2 is 1.96 bits per heavy atom. The van der Waals surface area contributed by atoms with Crippen molar-refractivity contribution in [2.45, 2.75) is 0 Å². The number of amides is 1. The Hall–Kier alpha value is -3.32. The maximum atomic E-state index is 12.6. The van der Waals surface area contributed by atoms with E-state index in [1.165, 1.54) is 0 Å². The van der Waals surface area contributed by atoms with Gasteiger partial charge in [0.05, 0.1) is 19.4 Å². The summed E-state index contributed by atoms with van der Waals surface area (Å²) in [6.07, 6.45) is 1.72. The third-order valence-corrected chi connectivity index (χ3v) is 4.21. The normalized spacial score (nSPS) is 10.5. The van der Waals surface area contributed by atoms with E-state index in [1.807, 2.05) is 25.2 Å². The molecule has 1 aromatic heterocycles. The quantitative estimate of drug-likeness (QED) is 0.606. The van der Waals surface area contributed by atoms with Gasteiger partial charge in [0.15, 0.2) is 0 Å². The van der Waals surface area contributed by atoms with Gasteiger partial charge in [0.1, 0.15) is 18.1 Å². The van der Waals surface area contributed by atoms with Crippen LogP contribution < -0.4 is 14.8 Å². The maximum absolute atomic E-state index is 12.6. The molecule has 0 saturated heterocycles. The van der Waals surface area contributed by atoms with Gasteiger partial charge in [-0.3, -0.25) is 9.48 Å². The highest BCUT2D eigenvalue weighted by Crippen LogP contribution is 2.32. The van der Waals surface area contributed by atoms with Crippen molar-refractivity contribution >= 4 is 11.6 Å². The fourth-order valence-corrected chi connectivity index (χ4v) is 2.77. The van der Waals surface area contributed by atoms with Gasteiger partial charge >= 0.3 is 0 Å². The van der Waals surface area contributed by atoms with Gasteiger partial charge in [-0.2, -0.15) is 5.10 Å². The van der Waals surface area contributed by atoms with E-state index in [4.69, 9.17) is 14.2 Å². The molecule has 0 aliphatic rings. The number of carbonyl (C=O) groups excluding carboxylic acids is 1. The predicted molar refractivity (Wildman–Crippen MR) is 107 cm³/mol. The number of carbonyl (C=O) groups is 1. The molecule has 28 heavy (non-hydrogen) atoms. The molecule has 7 nitrogen and oxygen atoms in total. The lowest BCUT2D eigenvalue weighted by Crippen LogP contribution is -2.12. The summed E-state index contributed by atoms with van der Waals surface area (Å²) >= 11 is 0. The minimum atomic E-state index is -0.220. The fourth-order valence-electron chi connectivity index (χ4n) is 2.77. The standard InChI is InChI=1S/C21H23N3O4/c1-24-19(9-10-22-24)18-14-16(7-8-20(18)28-12-11-26-2)23-21(25)15-5-4-6-17(13-15)27-3/h4-10,13-14H,11-12H2,1-3H3,(H,23,25). The van der Waals surface area contributed by atoms with E-state index in [-0.39, 0.29) is 5.91 Å². The van der Waals surface area contributed by atoms with Crippen molar-refractivity contribution in [3.8, 4) is 22.8 Å². The molecule has 0 atom stereocenters. The fraction of sp³-hybridized carbons (Fsp3) is 0.238. The lowest BCUT2D eigenvalue weighted by molar-refractivity contribution is 0.102. The number of rotatable bonds is 8. The van der Waals surface area contributed by atoms with Crippen LogP contribution in [0.5, 0.6) is 11.5 Å². The van der Waals surface area contributed by atoms with Crippen molar-refractivity contribution in [1.29, 1.82) is 0 Å². The Kier molecular flexibility index (Phi) is 6.29. The topological polar surface area (TPSA) is 74.6 Å². The van der Waals surface area contributed by atoms with Gasteiger partial charge < -0.3 is 19.5 Å². The van der Waals surface area contributed by atoms with Crippen LogP contribution in [0.2, 0.25) is 0 Å². The predicted octanol–water partition coefficient (Wildman–Crippen LogP) is 3.37. The highest BCUT2D eigenvalue weighted by Gasteiger charge is 2.13. The van der Waals surface area contributed by atoms with Crippen LogP contribution in [0.15, 0.2) is 54.7 Å². The first-order valence-corrected chi connectivity index (χ1v) is 8.82. The van der Waals surface area contributed by atoms with Gasteiger partial charge in [0.25, 0.3) is 5.91 Å². The molecule has 3 rings (SSSR count). The first-order valence-electron chi connectivity index (χ1n) is 8.82. The van der Waals surface area contributed by atoms with Crippen LogP contribution in [0.1, 0.15) is 10.4 Å². The van der Waals surface area contributed by atoms with Gasteiger partial charge in [-0.05, 0) is 42.5 Å². The maximum Gasteiger partial charge on any atom is 0.255 e. The Morgan fingerprint density at radius 3 is 2.68 bits per heavy atom. The zero-order valence-electron chi connectivity index (χ0n) is 16.1. The molecule has 0 aliphatic carbocycles. The second-order valence-electron chi connectivity index (χ2n) is 6.08. The number of methoxy groups -OCH3 is 2. The molecule has 1 amide bonds. The van der Waals surface area contributed by atoms with Crippen molar-refractivity contribution in [2.75, 3.05) is 32.8 Å². The minimum Gasteiger partial charge on any atom is -0.497 e. The summed E-state index contributed by atoms with van der Waals surface area (Å²) < 4.78 is 17.8. The molecule has 3 aromatic rings. The summed E-state index contributed by atoms with van der Waals surface area (Å²) in [6, 6.07) is 14.4. The first-order chi connectivity index (χ1) is 13.6. The molecular weight excluding hydrogens is 358 g/mol. The number of nitrogens with zero attached hydrogens (tertiary/aromatic N) is 2. The molecule has 0 fully saturated rings. The molecule has 0 radical (unpaired) electrons. The van der Waals surface area contributed by atoms with Crippen LogP contribution in [0.3, 0.4) is 0 Å². The van der Waals surface area contributed by atoms with Crippen molar-refractivity contribution in [2.24, 2.45) is 7.05 Å². The molecule has 0 unspecified atom stereocenters. The van der Waals surface area contributed by atoms with E-state index in [0.717, 1.165) is 11.3 Å². The van der Waals surface area contributed by atoms with Crippen molar-refractivity contribution in [3.63, 3.8) is 0 Å². The Morgan fingerprint density at radius 1 is 1.11 bits per heavy atom. The Bertz CT molecular complexity index is 952. The summed E-state index contributed by atoms with van der Waals surface area (Å²) in [6.45, 7) is 0.913. The molecule has 2 aromatic carbocycles. The Labute approximate surface area is 163 Å². The van der Waals surface area contributed by atoms with E-state index in [1.54, 1.807) is 55.4 Å². The molecule has 1 N–H and O–H groups in total. The van der Waals surface area contributed by atoms with Crippen LogP contribution in [0, 0.1) is 0 Å². The minimum absolute atomic E-state index is 0.220. The van der Waals surface area contributed by atoms with Crippen molar-refractivity contribution in [3.05, 3.63) is 60.3 Å². The number of anilines is 1. The smallest absolute Gasteiger partial charge is 0.255 e. The van der Waals surface area contributed by atoms with Crippen LogP contribution in [0.25, 0.3) is 11.3 Å². The molecule has 0 bridgehead atoms. The molecule has 146 valence electrons. The summed E-state index contributed by atoms with van der Waals surface area (Å²) in [4.78, 5) is 12.6. The highest BCUT2D eigenvalue weighted by atomic mass is 16.5. The molecular formula is C21H23N3O4. The van der Waals surface area contributed by atoms with E-state index < -0.39 is 0 Å². The monoisotopic (exact) mass is 381 g/mol. The number of nitrogens with one attached hydrogen (secondary N) is 1. The Balaban J connectivity index is 1.87. The van der Waals surface area contributed by atoms with E-state index in [2.05, 4.69) is 10.4 Å². The van der Waals surface area contributed by atoms with E-state index >= 15 is 0 Å². The molecule has 0 aliphatic heterocycles. The van der Waals surface area contributed by atoms with E-state index in [9.17, 15) is 4.79 Å². The molecule has 7 heteroatoms. The van der Waals surface area contributed by atoms with Crippen molar-refractivity contribution in [1.82, 2.24) is 9.78 Å².